The third kappa shape index (κ3) is 7.63. The van der Waals surface area contributed by atoms with Crippen LogP contribution in [0, 0.1) is 3.57 Å². The Morgan fingerprint density at radius 3 is 1.85 bits per heavy atom. The van der Waals surface area contributed by atoms with Gasteiger partial charge in [-0.3, -0.25) is 10.1 Å². The van der Waals surface area contributed by atoms with Crippen LogP contribution in [0.3, 0.4) is 0 Å². The van der Waals surface area contributed by atoms with E-state index in [4.69, 9.17) is 12.2 Å². The van der Waals surface area contributed by atoms with Crippen LogP contribution in [0.4, 0.5) is 62.8 Å². The van der Waals surface area contributed by atoms with Crippen LogP contribution >= 0.6 is 34.8 Å². The number of thiocarbonyl (C=S) groups is 1. The Bertz CT molecular complexity index is 1260. The zero-order valence-electron chi connectivity index (χ0n) is 18.5. The maximum absolute atomic E-state index is 14.4. The van der Waals surface area contributed by atoms with Crippen molar-refractivity contribution in [1.29, 1.82) is 0 Å². The maximum Gasteiger partial charge on any atom is 0.527 e. The summed E-state index contributed by atoms with van der Waals surface area (Å²) in [6.07, 6.45) is -28.0. The number of halogens is 14. The Hall–Kier alpha value is -2.46. The zero-order valence-corrected chi connectivity index (χ0v) is 21.5. The van der Waals surface area contributed by atoms with E-state index in [2.05, 4.69) is 10.6 Å². The normalized spacial score (nSPS) is 13.7. The number of amides is 1. The minimum Gasteiger partial charge on any atom is -0.332 e. The highest BCUT2D eigenvalue weighted by molar-refractivity contribution is 14.1. The number of hydrogen-bond acceptors (Lipinski definition) is 4. The van der Waals surface area contributed by atoms with E-state index in [0.717, 1.165) is 6.07 Å². The fourth-order valence-corrected chi connectivity index (χ4v) is 3.35. The average molecular weight is 732 g/mol. The van der Waals surface area contributed by atoms with Crippen molar-refractivity contribution in [2.45, 2.75) is 36.5 Å². The van der Waals surface area contributed by atoms with E-state index in [9.17, 15) is 61.9 Å². The van der Waals surface area contributed by atoms with Gasteiger partial charge in [0.25, 0.3) is 5.91 Å². The number of hydrogen-bond donors (Lipinski definition) is 2. The van der Waals surface area contributed by atoms with E-state index in [1.165, 1.54) is 18.2 Å². The lowest BCUT2D eigenvalue weighted by Gasteiger charge is -2.35. The number of alkyl halides is 13. The lowest BCUT2D eigenvalue weighted by Crippen LogP contribution is -2.61. The van der Waals surface area contributed by atoms with Crippen LogP contribution < -0.4 is 10.6 Å². The molecule has 0 bridgehead atoms. The van der Waals surface area contributed by atoms with Crippen molar-refractivity contribution in [3.63, 3.8) is 0 Å². The molecule has 2 aromatic carbocycles. The van der Waals surface area contributed by atoms with E-state index < -0.39 is 58.8 Å². The van der Waals surface area contributed by atoms with Gasteiger partial charge in [-0.1, -0.05) is 18.2 Å². The fourth-order valence-electron chi connectivity index (χ4n) is 2.60. The molecule has 0 saturated carbocycles. The van der Waals surface area contributed by atoms with Gasteiger partial charge in [-0.15, -0.1) is 13.2 Å². The molecule has 2 N–H and O–H groups in total. The number of carbonyl (C=O) groups is 1. The number of benzene rings is 2. The van der Waals surface area contributed by atoms with E-state index in [-0.39, 0.29) is 17.7 Å². The number of anilines is 1. The molecule has 5 nitrogen and oxygen atoms in total. The molecule has 0 aliphatic heterocycles. The molecule has 40 heavy (non-hydrogen) atoms. The smallest absolute Gasteiger partial charge is 0.332 e. The quantitative estimate of drug-likeness (QED) is 0.159. The Balaban J connectivity index is 2.25. The van der Waals surface area contributed by atoms with Crippen LogP contribution in [-0.4, -0.2) is 41.6 Å². The summed E-state index contributed by atoms with van der Waals surface area (Å²) in [6.45, 7) is 0. The molecule has 0 aromatic heterocycles. The van der Waals surface area contributed by atoms with Crippen LogP contribution in [0.2, 0.25) is 0 Å². The maximum atomic E-state index is 14.4. The van der Waals surface area contributed by atoms with Gasteiger partial charge in [0.05, 0.1) is 0 Å². The fraction of sp³-hybridized carbons (Fsp3) is 0.300. The molecule has 0 unspecified atom stereocenters. The van der Waals surface area contributed by atoms with Gasteiger partial charge in [0, 0.05) is 20.4 Å². The first-order chi connectivity index (χ1) is 17.9. The van der Waals surface area contributed by atoms with Crippen LogP contribution in [0.5, 0.6) is 0 Å². The zero-order chi connectivity index (χ0) is 30.9. The van der Waals surface area contributed by atoms with Gasteiger partial charge in [-0.25, -0.2) is 9.47 Å². The molecule has 0 radical (unpaired) electrons. The molecule has 0 heterocycles. The highest BCUT2D eigenvalue weighted by Gasteiger charge is 2.80. The summed E-state index contributed by atoms with van der Waals surface area (Å²) < 4.78 is 177. The predicted molar refractivity (Wildman–Crippen MR) is 121 cm³/mol. The second-order valence-corrected chi connectivity index (χ2v) is 9.00. The number of nitrogens with one attached hydrogen (secondary N) is 2. The molecule has 0 spiro atoms. The average Bonchev–Trinajstić information content (AvgIpc) is 2.76. The molecule has 0 atom stereocenters. The van der Waals surface area contributed by atoms with Gasteiger partial charge in [-0.2, -0.15) is 43.9 Å². The topological polar surface area (TPSA) is 59.6 Å². The second kappa shape index (κ2) is 11.4. The third-order valence-electron chi connectivity index (χ3n) is 4.39. The summed E-state index contributed by atoms with van der Waals surface area (Å²) in [5.41, 5.74) is -2.44. The Morgan fingerprint density at radius 2 is 1.30 bits per heavy atom. The molecule has 0 aliphatic rings. The van der Waals surface area contributed by atoms with Crippen LogP contribution in [-0.2, 0) is 15.4 Å². The molecule has 20 heteroatoms. The van der Waals surface area contributed by atoms with Crippen molar-refractivity contribution in [1.82, 2.24) is 5.32 Å². The van der Waals surface area contributed by atoms with Gasteiger partial charge in [0.1, 0.15) is 0 Å². The summed E-state index contributed by atoms with van der Waals surface area (Å²) in [6, 6.07) is 7.68. The highest BCUT2D eigenvalue weighted by atomic mass is 127. The van der Waals surface area contributed by atoms with Gasteiger partial charge in [-0.05, 0) is 65.1 Å². The van der Waals surface area contributed by atoms with Crippen molar-refractivity contribution in [2.75, 3.05) is 5.32 Å². The lowest BCUT2D eigenvalue weighted by atomic mass is 10.1. The molecule has 1 amide bonds. The largest absolute Gasteiger partial charge is 0.527 e. The first-order valence-corrected chi connectivity index (χ1v) is 11.3. The van der Waals surface area contributed by atoms with Crippen molar-refractivity contribution >= 4 is 51.5 Å². The molecule has 2 aromatic rings. The first-order valence-electron chi connectivity index (χ1n) is 9.76. The predicted octanol–water partition coefficient (Wildman–Crippen LogP) is 7.48. The summed E-state index contributed by atoms with van der Waals surface area (Å²) >= 11 is 6.67. The standard InChI is InChI=1S/C20H10F13IN2O3S/c21-15(22,17(25,26)38-18(27,28)16(23,24)19(29,30)39-20(31,32)33)10-4-2-6-12(8-10)35-14(40)36-13(37)9-3-1-5-11(34)7-9/h1-8H,(H2,35,36,37,40). The van der Waals surface area contributed by atoms with Crippen molar-refractivity contribution in [3.8, 4) is 0 Å². The number of ether oxygens (including phenoxy) is 2. The van der Waals surface area contributed by atoms with E-state index in [0.29, 0.717) is 9.64 Å². The monoisotopic (exact) mass is 732 g/mol. The van der Waals surface area contributed by atoms with Crippen LogP contribution in [0.15, 0.2) is 48.5 Å². The summed E-state index contributed by atoms with van der Waals surface area (Å²) in [5, 5.41) is 3.66. The summed E-state index contributed by atoms with van der Waals surface area (Å²) in [4.78, 5) is 12.2. The molecule has 0 fully saturated rings. The molecule has 222 valence electrons. The van der Waals surface area contributed by atoms with Crippen molar-refractivity contribution < 1.29 is 71.3 Å². The van der Waals surface area contributed by atoms with Gasteiger partial charge >= 0.3 is 36.5 Å². The van der Waals surface area contributed by atoms with Gasteiger partial charge in [0.2, 0.25) is 0 Å². The second-order valence-electron chi connectivity index (χ2n) is 7.35. The van der Waals surface area contributed by atoms with Crippen molar-refractivity contribution in [3.05, 3.63) is 63.2 Å². The van der Waals surface area contributed by atoms with Crippen molar-refractivity contribution in [2.24, 2.45) is 0 Å². The number of carbonyl (C=O) groups excluding carboxylic acids is 1. The third-order valence-corrected chi connectivity index (χ3v) is 5.27. The molecule has 0 aliphatic carbocycles. The lowest BCUT2D eigenvalue weighted by molar-refractivity contribution is -0.535. The summed E-state index contributed by atoms with van der Waals surface area (Å²) in [7, 11) is 0. The minimum atomic E-state index is -7.53. The Morgan fingerprint density at radius 1 is 0.750 bits per heavy atom. The van der Waals surface area contributed by atoms with Gasteiger partial charge in [0.15, 0.2) is 5.11 Å². The van der Waals surface area contributed by atoms with Crippen LogP contribution in [0.1, 0.15) is 15.9 Å². The first kappa shape index (κ1) is 33.7. The molecular weight excluding hydrogens is 722 g/mol. The highest BCUT2D eigenvalue weighted by Crippen LogP contribution is 2.54. The Labute approximate surface area is 233 Å². The SMILES string of the molecule is O=C(NC(=S)Nc1cccc(C(F)(F)C(F)(F)OC(F)(F)C(F)(F)C(F)(F)OC(F)(F)F)c1)c1cccc(I)c1. The summed E-state index contributed by atoms with van der Waals surface area (Å²) in [5.74, 6) is -14.3. The van der Waals surface area contributed by atoms with E-state index in [1.54, 1.807) is 10.8 Å². The minimum absolute atomic E-state index is 0.0945. The van der Waals surface area contributed by atoms with Crippen LogP contribution in [0.25, 0.3) is 0 Å². The molecular formula is C20H10F13IN2O3S. The van der Waals surface area contributed by atoms with E-state index >= 15 is 0 Å². The molecule has 2 rings (SSSR count). The van der Waals surface area contributed by atoms with Gasteiger partial charge < -0.3 is 5.32 Å². The van der Waals surface area contributed by atoms with E-state index in [1.807, 2.05) is 27.3 Å². The molecule has 0 saturated heterocycles. The number of rotatable bonds is 9. The Kier molecular flexibility index (Phi) is 9.64.